The number of anilines is 1. The van der Waals surface area contributed by atoms with Crippen LogP contribution >= 0.6 is 0 Å². The summed E-state index contributed by atoms with van der Waals surface area (Å²) in [6, 6.07) is 7.55. The zero-order valence-electron chi connectivity index (χ0n) is 15.5. The van der Waals surface area contributed by atoms with E-state index < -0.39 is 0 Å². The van der Waals surface area contributed by atoms with Gasteiger partial charge in [0.05, 0.1) is 18.1 Å². The molecule has 0 radical (unpaired) electrons. The summed E-state index contributed by atoms with van der Waals surface area (Å²) in [5, 5.41) is 8.11. The summed E-state index contributed by atoms with van der Waals surface area (Å²) in [4.78, 5) is 18.5. The number of pyridine rings is 1. The average molecular weight is 367 g/mol. The molecule has 27 heavy (non-hydrogen) atoms. The van der Waals surface area contributed by atoms with E-state index in [0.717, 1.165) is 22.3 Å². The molecular weight excluding hydrogens is 346 g/mol. The van der Waals surface area contributed by atoms with E-state index in [-0.39, 0.29) is 18.9 Å². The number of fused-ring (bicyclic) bond motifs is 2. The third-order valence-corrected chi connectivity index (χ3v) is 4.38. The quantitative estimate of drug-likeness (QED) is 0.764. The van der Waals surface area contributed by atoms with Gasteiger partial charge in [-0.2, -0.15) is 5.10 Å². The molecule has 4 rings (SSSR count). The molecule has 2 aromatic heterocycles. The second-order valence-electron chi connectivity index (χ2n) is 6.79. The van der Waals surface area contributed by atoms with E-state index >= 15 is 0 Å². The van der Waals surface area contributed by atoms with E-state index in [2.05, 4.69) is 29.2 Å². The summed E-state index contributed by atoms with van der Waals surface area (Å²) in [5.74, 6) is 1.44. The Balaban J connectivity index is 1.44. The third kappa shape index (κ3) is 3.38. The molecule has 0 unspecified atom stereocenters. The molecule has 3 aromatic rings. The van der Waals surface area contributed by atoms with Crippen molar-refractivity contribution >= 4 is 22.8 Å². The van der Waals surface area contributed by atoms with Crippen molar-refractivity contribution in [1.82, 2.24) is 19.7 Å². The number of ether oxygens (including phenoxy) is 2. The van der Waals surface area contributed by atoms with Crippen LogP contribution in [-0.4, -0.2) is 39.5 Å². The van der Waals surface area contributed by atoms with Gasteiger partial charge in [-0.25, -0.2) is 14.5 Å². The fraction of sp³-hybridized carbons (Fsp3) is 0.316. The number of urea groups is 1. The number of hydrogen-bond acceptors (Lipinski definition) is 5. The number of nitrogens with one attached hydrogen (secondary N) is 1. The fourth-order valence-electron chi connectivity index (χ4n) is 2.99. The first-order chi connectivity index (χ1) is 13.0. The summed E-state index contributed by atoms with van der Waals surface area (Å²) < 4.78 is 12.5. The van der Waals surface area contributed by atoms with E-state index in [4.69, 9.17) is 9.47 Å². The molecule has 140 valence electrons. The Morgan fingerprint density at radius 2 is 2.07 bits per heavy atom. The van der Waals surface area contributed by atoms with Crippen molar-refractivity contribution < 1.29 is 14.3 Å². The number of rotatable bonds is 4. The highest BCUT2D eigenvalue weighted by Crippen LogP contribution is 2.32. The van der Waals surface area contributed by atoms with Gasteiger partial charge in [-0.05, 0) is 37.6 Å². The molecule has 8 nitrogen and oxygen atoms in total. The van der Waals surface area contributed by atoms with Crippen LogP contribution < -0.4 is 14.8 Å². The molecule has 1 aliphatic rings. The Labute approximate surface area is 156 Å². The molecule has 0 atom stereocenters. The maximum absolute atomic E-state index is 12.5. The van der Waals surface area contributed by atoms with Gasteiger partial charge in [-0.15, -0.1) is 0 Å². The first-order valence-electron chi connectivity index (χ1n) is 8.75. The van der Waals surface area contributed by atoms with E-state index in [0.29, 0.717) is 18.0 Å². The van der Waals surface area contributed by atoms with Gasteiger partial charge >= 0.3 is 6.03 Å². The number of amides is 2. The molecule has 1 aliphatic heterocycles. The van der Waals surface area contributed by atoms with Gasteiger partial charge in [-0.1, -0.05) is 6.07 Å². The van der Waals surface area contributed by atoms with Crippen molar-refractivity contribution in [2.75, 3.05) is 19.2 Å². The summed E-state index contributed by atoms with van der Waals surface area (Å²) in [6.07, 6.45) is 3.41. The van der Waals surface area contributed by atoms with E-state index in [1.807, 2.05) is 28.9 Å². The maximum atomic E-state index is 12.5. The van der Waals surface area contributed by atoms with Crippen LogP contribution in [0.5, 0.6) is 11.5 Å². The summed E-state index contributed by atoms with van der Waals surface area (Å²) in [6.45, 7) is 4.78. The predicted molar refractivity (Wildman–Crippen MR) is 101 cm³/mol. The Kier molecular flexibility index (Phi) is 4.31. The normalized spacial score (nSPS) is 12.6. The first kappa shape index (κ1) is 17.1. The number of nitrogens with zero attached hydrogens (tertiary/aromatic N) is 4. The van der Waals surface area contributed by atoms with Gasteiger partial charge in [0, 0.05) is 25.0 Å². The minimum atomic E-state index is -0.218. The summed E-state index contributed by atoms with van der Waals surface area (Å²) in [7, 11) is 1.74. The average Bonchev–Trinajstić information content (AvgIpc) is 3.27. The molecule has 0 bridgehead atoms. The van der Waals surface area contributed by atoms with Crippen molar-refractivity contribution in [2.45, 2.75) is 26.4 Å². The zero-order chi connectivity index (χ0) is 19.0. The van der Waals surface area contributed by atoms with E-state index in [1.54, 1.807) is 24.3 Å². The molecule has 1 aromatic carbocycles. The smallest absolute Gasteiger partial charge is 0.321 e. The van der Waals surface area contributed by atoms with Crippen LogP contribution in [-0.2, 0) is 6.54 Å². The second kappa shape index (κ2) is 6.79. The van der Waals surface area contributed by atoms with E-state index in [9.17, 15) is 4.79 Å². The summed E-state index contributed by atoms with van der Waals surface area (Å²) in [5.41, 5.74) is 2.40. The van der Waals surface area contributed by atoms with Crippen molar-refractivity contribution in [3.05, 3.63) is 42.2 Å². The van der Waals surface area contributed by atoms with Crippen LogP contribution in [0.15, 0.2) is 36.7 Å². The molecule has 0 fully saturated rings. The lowest BCUT2D eigenvalue weighted by molar-refractivity contribution is 0.174. The lowest BCUT2D eigenvalue weighted by Crippen LogP contribution is -2.30. The van der Waals surface area contributed by atoms with Crippen LogP contribution in [0.25, 0.3) is 11.0 Å². The van der Waals surface area contributed by atoms with Gasteiger partial charge in [0.2, 0.25) is 6.79 Å². The van der Waals surface area contributed by atoms with E-state index in [1.165, 1.54) is 0 Å². The standard InChI is InChI=1S/C19H21N5O3/c1-12(2)24-18-14(8-21-24)7-15(9-20-18)22-19(25)23(3)10-13-4-5-16-17(6-13)27-11-26-16/h4-9,12H,10-11H2,1-3H3,(H,22,25). The molecule has 2 amide bonds. The van der Waals surface area contributed by atoms with Gasteiger partial charge < -0.3 is 19.7 Å². The SMILES string of the molecule is CC(C)n1ncc2cc(NC(=O)N(C)Cc3ccc4c(c3)OCO4)cnc21. The topological polar surface area (TPSA) is 81.5 Å². The van der Waals surface area contributed by atoms with Crippen molar-refractivity contribution in [3.8, 4) is 11.5 Å². The van der Waals surface area contributed by atoms with Gasteiger partial charge in [-0.3, -0.25) is 0 Å². The molecule has 8 heteroatoms. The van der Waals surface area contributed by atoms with Crippen LogP contribution in [0.1, 0.15) is 25.5 Å². The molecule has 0 spiro atoms. The number of aromatic nitrogens is 3. The molecule has 0 saturated heterocycles. The number of hydrogen-bond donors (Lipinski definition) is 1. The van der Waals surface area contributed by atoms with Crippen LogP contribution in [0, 0.1) is 0 Å². The Bertz CT molecular complexity index is 998. The zero-order valence-corrected chi connectivity index (χ0v) is 15.5. The largest absolute Gasteiger partial charge is 0.454 e. The molecule has 3 heterocycles. The number of benzene rings is 1. The van der Waals surface area contributed by atoms with Crippen LogP contribution in [0.4, 0.5) is 10.5 Å². The third-order valence-electron chi connectivity index (χ3n) is 4.38. The fourth-order valence-corrected chi connectivity index (χ4v) is 2.99. The van der Waals surface area contributed by atoms with Crippen LogP contribution in [0.3, 0.4) is 0 Å². The highest BCUT2D eigenvalue weighted by molar-refractivity contribution is 5.91. The Morgan fingerprint density at radius 1 is 1.26 bits per heavy atom. The predicted octanol–water partition coefficient (Wildman–Crippen LogP) is 3.40. The monoisotopic (exact) mass is 367 g/mol. The minimum absolute atomic E-state index is 0.218. The highest BCUT2D eigenvalue weighted by Gasteiger charge is 2.16. The lowest BCUT2D eigenvalue weighted by Gasteiger charge is -2.18. The second-order valence-corrected chi connectivity index (χ2v) is 6.79. The van der Waals surface area contributed by atoms with Gasteiger partial charge in [0.15, 0.2) is 17.1 Å². The summed E-state index contributed by atoms with van der Waals surface area (Å²) >= 11 is 0. The van der Waals surface area contributed by atoms with Crippen LogP contribution in [0.2, 0.25) is 0 Å². The van der Waals surface area contributed by atoms with Crippen molar-refractivity contribution in [3.63, 3.8) is 0 Å². The van der Waals surface area contributed by atoms with Gasteiger partial charge in [0.1, 0.15) is 0 Å². The molecular formula is C19H21N5O3. The maximum Gasteiger partial charge on any atom is 0.321 e. The Hall–Kier alpha value is -3.29. The van der Waals surface area contributed by atoms with Crippen molar-refractivity contribution in [2.24, 2.45) is 0 Å². The molecule has 0 saturated carbocycles. The Morgan fingerprint density at radius 3 is 2.89 bits per heavy atom. The number of carbonyl (C=O) groups is 1. The molecule has 1 N–H and O–H groups in total. The van der Waals surface area contributed by atoms with Gasteiger partial charge in [0.25, 0.3) is 0 Å². The lowest BCUT2D eigenvalue weighted by atomic mass is 10.2. The first-order valence-corrected chi connectivity index (χ1v) is 8.75. The number of carbonyl (C=O) groups excluding carboxylic acids is 1. The van der Waals surface area contributed by atoms with Crippen molar-refractivity contribution in [1.29, 1.82) is 0 Å². The molecule has 0 aliphatic carbocycles. The highest BCUT2D eigenvalue weighted by atomic mass is 16.7. The minimum Gasteiger partial charge on any atom is -0.454 e.